The number of anilines is 1. The molecule has 1 aromatic carbocycles. The molecule has 1 amide bonds. The molecule has 0 saturated carbocycles. The van der Waals surface area contributed by atoms with Gasteiger partial charge in [0.25, 0.3) is 0 Å². The fourth-order valence-corrected chi connectivity index (χ4v) is 2.44. The van der Waals surface area contributed by atoms with E-state index in [1.54, 1.807) is 18.4 Å². The van der Waals surface area contributed by atoms with Crippen LogP contribution >= 0.6 is 11.3 Å². The maximum Gasteiger partial charge on any atom is 0.229 e. The van der Waals surface area contributed by atoms with Crippen molar-refractivity contribution < 1.29 is 9.53 Å². The Morgan fingerprint density at radius 3 is 2.83 bits per heavy atom. The Morgan fingerprint density at radius 1 is 1.39 bits per heavy atom. The van der Waals surface area contributed by atoms with Gasteiger partial charge in [-0.15, -0.1) is 11.3 Å². The summed E-state index contributed by atoms with van der Waals surface area (Å²) in [6.45, 7) is 1.95. The summed E-state index contributed by atoms with van der Waals surface area (Å²) < 4.78 is 5.18. The highest BCUT2D eigenvalue weighted by Gasteiger charge is 2.06. The zero-order valence-corrected chi connectivity index (χ0v) is 11.2. The molecule has 18 heavy (non-hydrogen) atoms. The summed E-state index contributed by atoms with van der Waals surface area (Å²) in [6, 6.07) is 9.52. The van der Waals surface area contributed by atoms with Gasteiger partial charge < -0.3 is 10.1 Å². The van der Waals surface area contributed by atoms with Crippen molar-refractivity contribution in [2.24, 2.45) is 0 Å². The van der Waals surface area contributed by atoms with Crippen LogP contribution < -0.4 is 10.1 Å². The Morgan fingerprint density at radius 2 is 2.22 bits per heavy atom. The van der Waals surface area contributed by atoms with Crippen molar-refractivity contribution in [3.63, 3.8) is 0 Å². The highest BCUT2D eigenvalue weighted by Crippen LogP contribution is 2.21. The number of nitrogens with one attached hydrogen (secondary N) is 1. The van der Waals surface area contributed by atoms with Crippen LogP contribution in [-0.4, -0.2) is 13.0 Å². The van der Waals surface area contributed by atoms with Gasteiger partial charge in [-0.2, -0.15) is 0 Å². The molecule has 0 fully saturated rings. The number of carbonyl (C=O) groups is 1. The summed E-state index contributed by atoms with van der Waals surface area (Å²) in [5.74, 6) is 0.827. The third-order valence-corrected chi connectivity index (χ3v) is 3.47. The average molecular weight is 261 g/mol. The Bertz CT molecular complexity index is 535. The molecule has 1 heterocycles. The first-order chi connectivity index (χ1) is 8.69. The second-order valence-electron chi connectivity index (χ2n) is 3.99. The fourth-order valence-electron chi connectivity index (χ4n) is 1.73. The van der Waals surface area contributed by atoms with E-state index in [0.717, 1.165) is 21.9 Å². The van der Waals surface area contributed by atoms with Crippen LogP contribution in [0.5, 0.6) is 5.75 Å². The number of ether oxygens (including phenoxy) is 1. The number of hydrogen-bond donors (Lipinski definition) is 1. The van der Waals surface area contributed by atoms with Gasteiger partial charge >= 0.3 is 0 Å². The number of carbonyl (C=O) groups excluding carboxylic acids is 1. The van der Waals surface area contributed by atoms with E-state index >= 15 is 0 Å². The second-order valence-corrected chi connectivity index (χ2v) is 5.02. The lowest BCUT2D eigenvalue weighted by atomic mass is 10.2. The summed E-state index contributed by atoms with van der Waals surface area (Å²) in [4.78, 5) is 12.9. The highest BCUT2D eigenvalue weighted by atomic mass is 32.1. The van der Waals surface area contributed by atoms with E-state index in [9.17, 15) is 4.79 Å². The van der Waals surface area contributed by atoms with Crippen molar-refractivity contribution in [3.05, 3.63) is 46.2 Å². The van der Waals surface area contributed by atoms with E-state index in [4.69, 9.17) is 4.74 Å². The molecule has 0 aliphatic rings. The van der Waals surface area contributed by atoms with E-state index in [-0.39, 0.29) is 5.91 Å². The first-order valence-electron chi connectivity index (χ1n) is 5.66. The Balaban J connectivity index is 2.01. The zero-order chi connectivity index (χ0) is 13.0. The number of aryl methyl sites for hydroxylation is 1. The minimum Gasteiger partial charge on any atom is -0.496 e. The summed E-state index contributed by atoms with van der Waals surface area (Å²) in [7, 11) is 1.64. The van der Waals surface area contributed by atoms with E-state index in [0.29, 0.717) is 6.42 Å². The smallest absolute Gasteiger partial charge is 0.229 e. The average Bonchev–Trinajstić information content (AvgIpc) is 2.82. The predicted octanol–water partition coefficient (Wildman–Crippen LogP) is 3.25. The molecule has 0 bridgehead atoms. The van der Waals surface area contributed by atoms with Crippen molar-refractivity contribution in [1.29, 1.82) is 0 Å². The molecule has 0 radical (unpaired) electrons. The molecule has 2 aromatic rings. The van der Waals surface area contributed by atoms with Crippen LogP contribution in [0.15, 0.2) is 35.7 Å². The molecule has 0 aliphatic carbocycles. The van der Waals surface area contributed by atoms with Crippen molar-refractivity contribution in [2.75, 3.05) is 12.4 Å². The third kappa shape index (κ3) is 3.11. The van der Waals surface area contributed by atoms with Gasteiger partial charge in [-0.1, -0.05) is 6.07 Å². The molecule has 1 N–H and O–H groups in total. The lowest BCUT2D eigenvalue weighted by molar-refractivity contribution is -0.115. The van der Waals surface area contributed by atoms with Gasteiger partial charge in [-0.25, -0.2) is 0 Å². The Kier molecular flexibility index (Phi) is 3.99. The summed E-state index contributed by atoms with van der Waals surface area (Å²) in [6.07, 6.45) is 0.419. The first-order valence-corrected chi connectivity index (χ1v) is 6.54. The van der Waals surface area contributed by atoms with Crippen molar-refractivity contribution in [3.8, 4) is 5.75 Å². The fraction of sp³-hybridized carbons (Fsp3) is 0.214. The molecule has 4 heteroatoms. The van der Waals surface area contributed by atoms with Gasteiger partial charge in [0.2, 0.25) is 5.91 Å². The summed E-state index contributed by atoms with van der Waals surface area (Å²) >= 11 is 1.59. The topological polar surface area (TPSA) is 38.3 Å². The molecule has 0 atom stereocenters. The van der Waals surface area contributed by atoms with Gasteiger partial charge in [0.15, 0.2) is 0 Å². The molecular formula is C14H15NO2S. The number of hydrogen-bond acceptors (Lipinski definition) is 3. The van der Waals surface area contributed by atoms with Crippen LogP contribution in [0, 0.1) is 6.92 Å². The minimum absolute atomic E-state index is 0.00187. The lowest BCUT2D eigenvalue weighted by Crippen LogP contribution is -2.13. The standard InChI is InChI=1S/C14H15NO2S/c1-10-8-11(5-6-13(10)17-2)15-14(16)9-12-4-3-7-18-12/h3-8H,9H2,1-2H3,(H,15,16). The van der Waals surface area contributed by atoms with E-state index < -0.39 is 0 Å². The molecule has 1 aromatic heterocycles. The van der Waals surface area contributed by atoms with Crippen LogP contribution in [0.2, 0.25) is 0 Å². The minimum atomic E-state index is 0.00187. The predicted molar refractivity (Wildman–Crippen MR) is 74.4 cm³/mol. The van der Waals surface area contributed by atoms with Crippen molar-refractivity contribution in [1.82, 2.24) is 0 Å². The first kappa shape index (κ1) is 12.6. The van der Waals surface area contributed by atoms with Crippen LogP contribution in [0.1, 0.15) is 10.4 Å². The quantitative estimate of drug-likeness (QED) is 0.917. The SMILES string of the molecule is COc1ccc(NC(=O)Cc2cccs2)cc1C. The monoisotopic (exact) mass is 261 g/mol. The number of thiophene rings is 1. The molecule has 3 nitrogen and oxygen atoms in total. The van der Waals surface area contributed by atoms with Gasteiger partial charge in [-0.05, 0) is 42.1 Å². The van der Waals surface area contributed by atoms with Crippen LogP contribution in [-0.2, 0) is 11.2 Å². The normalized spacial score (nSPS) is 10.1. The number of amides is 1. The Labute approximate surface area is 110 Å². The van der Waals surface area contributed by atoms with Gasteiger partial charge in [0, 0.05) is 10.6 Å². The van der Waals surface area contributed by atoms with E-state index in [1.165, 1.54) is 0 Å². The van der Waals surface area contributed by atoms with Gasteiger partial charge in [0.1, 0.15) is 5.75 Å². The number of methoxy groups -OCH3 is 1. The maximum absolute atomic E-state index is 11.8. The second kappa shape index (κ2) is 5.69. The van der Waals surface area contributed by atoms with Crippen molar-refractivity contribution >= 4 is 22.9 Å². The molecular weight excluding hydrogens is 246 g/mol. The Hall–Kier alpha value is -1.81. The molecule has 0 unspecified atom stereocenters. The van der Waals surface area contributed by atoms with Crippen LogP contribution in [0.3, 0.4) is 0 Å². The van der Waals surface area contributed by atoms with Gasteiger partial charge in [-0.3, -0.25) is 4.79 Å². The van der Waals surface area contributed by atoms with Crippen molar-refractivity contribution in [2.45, 2.75) is 13.3 Å². The third-order valence-electron chi connectivity index (χ3n) is 2.59. The lowest BCUT2D eigenvalue weighted by Gasteiger charge is -2.08. The molecule has 0 saturated heterocycles. The highest BCUT2D eigenvalue weighted by molar-refractivity contribution is 7.10. The van der Waals surface area contributed by atoms with Crippen LogP contribution in [0.25, 0.3) is 0 Å². The largest absolute Gasteiger partial charge is 0.496 e. The zero-order valence-electron chi connectivity index (χ0n) is 10.4. The van der Waals surface area contributed by atoms with E-state index in [1.807, 2.05) is 42.6 Å². The van der Waals surface area contributed by atoms with Gasteiger partial charge in [0.05, 0.1) is 13.5 Å². The number of rotatable bonds is 4. The maximum atomic E-state index is 11.8. The molecule has 2 rings (SSSR count). The molecule has 94 valence electrons. The molecule has 0 aliphatic heterocycles. The van der Waals surface area contributed by atoms with E-state index in [2.05, 4.69) is 5.32 Å². The van der Waals surface area contributed by atoms with Crippen LogP contribution in [0.4, 0.5) is 5.69 Å². The molecule has 0 spiro atoms. The summed E-state index contributed by atoms with van der Waals surface area (Å²) in [5, 5.41) is 4.86. The summed E-state index contributed by atoms with van der Waals surface area (Å²) in [5.41, 5.74) is 1.81. The number of benzene rings is 1.